The lowest BCUT2D eigenvalue weighted by Crippen LogP contribution is -2.58. The predicted octanol–water partition coefficient (Wildman–Crippen LogP) is 5.94. The molecule has 0 bridgehead atoms. The SMILES string of the molecule is CC(C)(C)C[C@]1(c2ccc(-c3cnn(C4CC4)c3)cc2)N=C(N)N([C@H](COC(=O)N2CC(F)(F)C2)c2ccc(Cl)c(-c3ncn[nH]3)c2)C1=O. The number of guanidine groups is 1. The molecule has 49 heavy (non-hydrogen) atoms. The fourth-order valence-electron chi connectivity index (χ4n) is 6.51. The maximum atomic E-state index is 14.9. The maximum Gasteiger partial charge on any atom is 0.410 e. The number of carbonyl (C=O) groups is 2. The highest BCUT2D eigenvalue weighted by molar-refractivity contribution is 6.33. The molecule has 12 nitrogen and oxygen atoms in total. The van der Waals surface area contributed by atoms with Gasteiger partial charge in [-0.2, -0.15) is 10.2 Å². The Bertz CT molecular complexity index is 1910. The molecule has 0 unspecified atom stereocenters. The monoisotopic (exact) mass is 691 g/mol. The molecule has 2 amide bonds. The van der Waals surface area contributed by atoms with Crippen LogP contribution in [0.5, 0.6) is 0 Å². The van der Waals surface area contributed by atoms with Gasteiger partial charge in [0.15, 0.2) is 17.3 Å². The van der Waals surface area contributed by atoms with Crippen LogP contribution in [0, 0.1) is 5.41 Å². The maximum absolute atomic E-state index is 14.9. The Morgan fingerprint density at radius 3 is 2.51 bits per heavy atom. The molecule has 2 fully saturated rings. The van der Waals surface area contributed by atoms with Crippen molar-refractivity contribution in [2.75, 3.05) is 19.7 Å². The van der Waals surface area contributed by atoms with E-state index in [1.807, 2.05) is 62.1 Å². The van der Waals surface area contributed by atoms with Crippen LogP contribution >= 0.6 is 11.6 Å². The smallest absolute Gasteiger partial charge is 0.410 e. The molecule has 3 aliphatic rings. The molecule has 256 valence electrons. The summed E-state index contributed by atoms with van der Waals surface area (Å²) in [6.45, 7) is 4.17. The fourth-order valence-corrected chi connectivity index (χ4v) is 6.72. The number of nitrogens with one attached hydrogen (secondary N) is 1. The Morgan fingerprint density at radius 1 is 1.14 bits per heavy atom. The number of carbonyl (C=O) groups excluding carboxylic acids is 2. The van der Waals surface area contributed by atoms with Crippen molar-refractivity contribution in [2.24, 2.45) is 16.1 Å². The average Bonchev–Trinajstić information content (AvgIpc) is 3.41. The molecular weight excluding hydrogens is 656 g/mol. The number of nitrogens with two attached hydrogens (primary N) is 1. The number of halogens is 3. The number of benzene rings is 2. The van der Waals surface area contributed by atoms with Crippen LogP contribution in [0.1, 0.15) is 63.2 Å². The molecule has 7 rings (SSSR count). The number of alkyl halides is 2. The van der Waals surface area contributed by atoms with E-state index in [-0.39, 0.29) is 11.4 Å². The molecule has 2 aliphatic heterocycles. The number of aliphatic imine (C=N–C) groups is 1. The summed E-state index contributed by atoms with van der Waals surface area (Å²) in [6.07, 6.45) is 6.84. The minimum absolute atomic E-state index is 0.0725. The first-order chi connectivity index (χ1) is 23.2. The number of H-pyrrole nitrogens is 1. The summed E-state index contributed by atoms with van der Waals surface area (Å²) in [6, 6.07) is 12.1. The second-order valence-electron chi connectivity index (χ2n) is 14.1. The molecule has 3 N–H and O–H groups in total. The van der Waals surface area contributed by atoms with Gasteiger partial charge in [0.1, 0.15) is 12.9 Å². The van der Waals surface area contributed by atoms with Crippen molar-refractivity contribution in [3.05, 3.63) is 77.3 Å². The largest absolute Gasteiger partial charge is 0.447 e. The fraction of sp³-hybridized carbons (Fsp3) is 0.412. The molecule has 4 aromatic rings. The molecule has 1 saturated carbocycles. The minimum atomic E-state index is -2.97. The summed E-state index contributed by atoms with van der Waals surface area (Å²) in [5, 5.41) is 11.6. The Balaban J connectivity index is 1.24. The number of ether oxygens (including phenoxy) is 1. The Morgan fingerprint density at radius 2 is 1.88 bits per heavy atom. The number of hydrogen-bond donors (Lipinski definition) is 2. The van der Waals surface area contributed by atoms with Crippen molar-refractivity contribution in [1.29, 1.82) is 0 Å². The Kier molecular flexibility index (Phi) is 7.96. The van der Waals surface area contributed by atoms with E-state index in [1.54, 1.807) is 18.2 Å². The third-order valence-corrected chi connectivity index (χ3v) is 9.28. The van der Waals surface area contributed by atoms with Crippen molar-refractivity contribution in [2.45, 2.75) is 63.6 Å². The van der Waals surface area contributed by atoms with Crippen LogP contribution in [0.25, 0.3) is 22.5 Å². The molecule has 15 heteroatoms. The van der Waals surface area contributed by atoms with Gasteiger partial charge in [0.05, 0.1) is 36.4 Å². The topological polar surface area (TPSA) is 148 Å². The molecule has 1 aliphatic carbocycles. The van der Waals surface area contributed by atoms with Crippen molar-refractivity contribution in [3.8, 4) is 22.5 Å². The predicted molar refractivity (Wildman–Crippen MR) is 178 cm³/mol. The van der Waals surface area contributed by atoms with E-state index < -0.39 is 49.2 Å². The zero-order chi connectivity index (χ0) is 34.7. The Labute approximate surface area is 286 Å². The van der Waals surface area contributed by atoms with Gasteiger partial charge in [-0.1, -0.05) is 62.7 Å². The van der Waals surface area contributed by atoms with Gasteiger partial charge in [0, 0.05) is 17.3 Å². The first-order valence-corrected chi connectivity index (χ1v) is 16.4. The van der Waals surface area contributed by atoms with Crippen molar-refractivity contribution in [3.63, 3.8) is 0 Å². The van der Waals surface area contributed by atoms with Gasteiger partial charge >= 0.3 is 6.09 Å². The van der Waals surface area contributed by atoms with Crippen molar-refractivity contribution >= 4 is 29.6 Å². The number of amides is 2. The summed E-state index contributed by atoms with van der Waals surface area (Å²) in [7, 11) is 0. The quantitative estimate of drug-likeness (QED) is 0.221. The molecule has 0 radical (unpaired) electrons. The average molecular weight is 692 g/mol. The molecular formula is C34H36ClF2N9O3. The van der Waals surface area contributed by atoms with Gasteiger partial charge in [-0.25, -0.2) is 23.6 Å². The van der Waals surface area contributed by atoms with Crippen LogP contribution < -0.4 is 5.73 Å². The number of aromatic nitrogens is 5. The lowest BCUT2D eigenvalue weighted by Gasteiger charge is -2.38. The van der Waals surface area contributed by atoms with Crippen LogP contribution in [0.3, 0.4) is 0 Å². The van der Waals surface area contributed by atoms with Gasteiger partial charge < -0.3 is 10.5 Å². The summed E-state index contributed by atoms with van der Waals surface area (Å²) >= 11 is 6.52. The van der Waals surface area contributed by atoms with Gasteiger partial charge in [-0.3, -0.25) is 24.4 Å². The highest BCUT2D eigenvalue weighted by Crippen LogP contribution is 2.46. The summed E-state index contributed by atoms with van der Waals surface area (Å²) < 4.78 is 34.6. The van der Waals surface area contributed by atoms with Crippen molar-refractivity contribution in [1.82, 2.24) is 34.8 Å². The number of rotatable bonds is 9. The van der Waals surface area contributed by atoms with Gasteiger partial charge in [0.2, 0.25) is 0 Å². The first kappa shape index (κ1) is 32.7. The van der Waals surface area contributed by atoms with E-state index >= 15 is 0 Å². The first-order valence-electron chi connectivity index (χ1n) is 16.0. The van der Waals surface area contributed by atoms with E-state index in [0.717, 1.165) is 28.9 Å². The molecule has 2 aromatic carbocycles. The summed E-state index contributed by atoms with van der Waals surface area (Å²) in [5.74, 6) is -3.08. The van der Waals surface area contributed by atoms with Crippen LogP contribution in [0.4, 0.5) is 13.6 Å². The number of hydrogen-bond acceptors (Lipinski definition) is 8. The third-order valence-electron chi connectivity index (χ3n) is 8.95. The minimum Gasteiger partial charge on any atom is -0.447 e. The van der Waals surface area contributed by atoms with Crippen LogP contribution in [-0.2, 0) is 15.1 Å². The highest BCUT2D eigenvalue weighted by Gasteiger charge is 2.53. The zero-order valence-electron chi connectivity index (χ0n) is 27.2. The standard InChI is InChI=1S/C34H36ClF2N9O3/c1-32(2,3)16-34(23-7-4-20(5-8-23)22-13-41-45(14-22)24-9-10-24)29(47)46(30(38)42-34)27(15-49-31(48)44-17-33(36,37)18-44)21-6-11-26(35)25(12-21)28-39-19-40-43-28/h4-8,11-14,19,24,27H,9-10,15-18H2,1-3H3,(H2,38,42)(H,39,40,43)/t27-,34-/m1/s1. The van der Waals surface area contributed by atoms with Crippen molar-refractivity contribution < 1.29 is 23.1 Å². The highest BCUT2D eigenvalue weighted by atomic mass is 35.5. The number of aromatic amines is 1. The second-order valence-corrected chi connectivity index (χ2v) is 14.5. The zero-order valence-corrected chi connectivity index (χ0v) is 28.0. The van der Waals surface area contributed by atoms with E-state index in [9.17, 15) is 18.4 Å². The van der Waals surface area contributed by atoms with Gasteiger partial charge in [-0.15, -0.1) is 0 Å². The lowest BCUT2D eigenvalue weighted by atomic mass is 9.75. The van der Waals surface area contributed by atoms with E-state index in [0.29, 0.717) is 40.0 Å². The van der Waals surface area contributed by atoms with Crippen LogP contribution in [0.2, 0.25) is 5.02 Å². The van der Waals surface area contributed by atoms with Gasteiger partial charge in [-0.05, 0) is 53.5 Å². The van der Waals surface area contributed by atoms with E-state index in [4.69, 9.17) is 27.1 Å². The Hall–Kier alpha value is -4.85. The third kappa shape index (κ3) is 6.36. The molecule has 2 atom stereocenters. The summed E-state index contributed by atoms with van der Waals surface area (Å²) in [4.78, 5) is 39.0. The van der Waals surface area contributed by atoms with E-state index in [1.165, 1.54) is 11.2 Å². The molecule has 1 saturated heterocycles. The van der Waals surface area contributed by atoms with Gasteiger partial charge in [0.25, 0.3) is 11.8 Å². The van der Waals surface area contributed by atoms with E-state index in [2.05, 4.69) is 20.3 Å². The lowest BCUT2D eigenvalue weighted by molar-refractivity contribution is -0.135. The normalized spacial score (nSPS) is 21.0. The number of nitrogens with zero attached hydrogens (tertiary/aromatic N) is 7. The summed E-state index contributed by atoms with van der Waals surface area (Å²) in [5.41, 5.74) is 8.41. The van der Waals surface area contributed by atoms with Crippen LogP contribution in [-0.4, -0.2) is 78.3 Å². The second kappa shape index (κ2) is 11.9. The van der Waals surface area contributed by atoms with Crippen LogP contribution in [0.15, 0.2) is 66.2 Å². The molecule has 0 spiro atoms. The number of likely N-dealkylation sites (tertiary alicyclic amines) is 1. The molecule has 4 heterocycles. The molecule has 2 aromatic heterocycles.